The number of hydrogen-bond donors (Lipinski definition) is 2. The molecule has 1 aromatic carbocycles. The summed E-state index contributed by atoms with van der Waals surface area (Å²) in [6.45, 7) is 5.38. The minimum Gasteiger partial charge on any atom is -0.352 e. The van der Waals surface area contributed by atoms with Crippen LogP contribution in [0.2, 0.25) is 0 Å². The highest BCUT2D eigenvalue weighted by Gasteiger charge is 2.24. The van der Waals surface area contributed by atoms with Gasteiger partial charge in [0.15, 0.2) is 11.5 Å². The summed E-state index contributed by atoms with van der Waals surface area (Å²) in [5.41, 5.74) is 4.23. The highest BCUT2D eigenvalue weighted by Crippen LogP contribution is 2.18. The summed E-state index contributed by atoms with van der Waals surface area (Å²) in [6.07, 6.45) is 3.15. The van der Waals surface area contributed by atoms with Gasteiger partial charge < -0.3 is 15.5 Å². The first kappa shape index (κ1) is 19.9. The lowest BCUT2D eigenvalue weighted by atomic mass is 10.1. The minimum atomic E-state index is -0.206. The van der Waals surface area contributed by atoms with E-state index in [1.54, 1.807) is 17.8 Å². The van der Waals surface area contributed by atoms with Crippen LogP contribution in [0.3, 0.4) is 0 Å². The average molecular weight is 406 g/mol. The number of nitrogens with one attached hydrogen (secondary N) is 2. The number of carbonyl (C=O) groups excluding carboxylic acids is 1. The number of benzene rings is 1. The Hall–Kier alpha value is -3.42. The summed E-state index contributed by atoms with van der Waals surface area (Å²) >= 11 is 0. The van der Waals surface area contributed by atoms with Crippen molar-refractivity contribution in [3.63, 3.8) is 0 Å². The van der Waals surface area contributed by atoms with Crippen molar-refractivity contribution >= 4 is 28.7 Å². The molecule has 3 heterocycles. The van der Waals surface area contributed by atoms with Crippen LogP contribution < -0.4 is 21.1 Å². The average Bonchev–Trinajstić information content (AvgIpc) is 2.74. The molecule has 0 aliphatic carbocycles. The Morgan fingerprint density at radius 3 is 2.63 bits per heavy atom. The molecule has 2 aromatic heterocycles. The number of pyridine rings is 1. The predicted octanol–water partition coefficient (Wildman–Crippen LogP) is 2.74. The van der Waals surface area contributed by atoms with Gasteiger partial charge in [0, 0.05) is 38.1 Å². The molecule has 0 spiro atoms. The summed E-state index contributed by atoms with van der Waals surface area (Å²) in [7, 11) is 1.72. The Bertz CT molecular complexity index is 1150. The van der Waals surface area contributed by atoms with E-state index in [9.17, 15) is 9.59 Å². The molecule has 3 aromatic rings. The van der Waals surface area contributed by atoms with Gasteiger partial charge in [-0.05, 0) is 62.1 Å². The van der Waals surface area contributed by atoms with E-state index in [-0.39, 0.29) is 17.6 Å². The second-order valence-corrected chi connectivity index (χ2v) is 7.80. The third kappa shape index (κ3) is 3.98. The summed E-state index contributed by atoms with van der Waals surface area (Å²) in [4.78, 5) is 35.9. The third-order valence-corrected chi connectivity index (χ3v) is 5.70. The molecule has 0 radical (unpaired) electrons. The first-order valence-electron chi connectivity index (χ1n) is 10.1. The zero-order chi connectivity index (χ0) is 21.3. The maximum Gasteiger partial charge on any atom is 0.319 e. The van der Waals surface area contributed by atoms with Crippen molar-refractivity contribution in [1.29, 1.82) is 0 Å². The fourth-order valence-corrected chi connectivity index (χ4v) is 3.76. The van der Waals surface area contributed by atoms with Crippen molar-refractivity contribution in [2.75, 3.05) is 23.3 Å². The molecule has 30 heavy (non-hydrogen) atoms. The molecule has 1 aliphatic rings. The van der Waals surface area contributed by atoms with Crippen molar-refractivity contribution in [3.8, 4) is 0 Å². The lowest BCUT2D eigenvalue weighted by Gasteiger charge is -2.32. The maximum absolute atomic E-state index is 12.7. The second kappa shape index (κ2) is 8.14. The number of amides is 2. The van der Waals surface area contributed by atoms with Gasteiger partial charge in [-0.3, -0.25) is 9.36 Å². The van der Waals surface area contributed by atoms with Crippen molar-refractivity contribution < 1.29 is 4.79 Å². The molecule has 0 atom stereocenters. The number of rotatable bonds is 3. The molecular formula is C22H26N6O2. The van der Waals surface area contributed by atoms with Crippen molar-refractivity contribution in [2.45, 2.75) is 32.7 Å². The van der Waals surface area contributed by atoms with Gasteiger partial charge in [0.05, 0.1) is 0 Å². The molecule has 1 aliphatic heterocycles. The van der Waals surface area contributed by atoms with Crippen LogP contribution in [0, 0.1) is 13.8 Å². The topological polar surface area (TPSA) is 92.2 Å². The molecule has 8 nitrogen and oxygen atoms in total. The van der Waals surface area contributed by atoms with Crippen molar-refractivity contribution in [3.05, 3.63) is 58.0 Å². The molecule has 1 fully saturated rings. The van der Waals surface area contributed by atoms with Crippen LogP contribution in [-0.4, -0.2) is 39.7 Å². The summed E-state index contributed by atoms with van der Waals surface area (Å²) in [5, 5.41) is 5.94. The van der Waals surface area contributed by atoms with E-state index >= 15 is 0 Å². The van der Waals surface area contributed by atoms with E-state index < -0.39 is 0 Å². The first-order valence-corrected chi connectivity index (χ1v) is 10.1. The molecule has 0 unspecified atom stereocenters. The van der Waals surface area contributed by atoms with Gasteiger partial charge in [0.1, 0.15) is 5.52 Å². The summed E-state index contributed by atoms with van der Waals surface area (Å²) in [5.74, 6) is 0.441. The van der Waals surface area contributed by atoms with E-state index in [0.717, 1.165) is 24.1 Å². The lowest BCUT2D eigenvalue weighted by Crippen LogP contribution is -2.47. The number of aromatic nitrogens is 3. The lowest BCUT2D eigenvalue weighted by molar-refractivity contribution is 0.246. The largest absolute Gasteiger partial charge is 0.352 e. The van der Waals surface area contributed by atoms with E-state index in [1.807, 2.05) is 49.1 Å². The van der Waals surface area contributed by atoms with Crippen molar-refractivity contribution in [2.24, 2.45) is 7.05 Å². The number of fused-ring (bicyclic) bond motifs is 1. The van der Waals surface area contributed by atoms with Gasteiger partial charge >= 0.3 is 6.03 Å². The van der Waals surface area contributed by atoms with Crippen LogP contribution in [0.5, 0.6) is 0 Å². The highest BCUT2D eigenvalue weighted by atomic mass is 16.2. The molecule has 156 valence electrons. The first-order chi connectivity index (χ1) is 14.4. The Morgan fingerprint density at radius 1 is 1.13 bits per heavy atom. The fraction of sp³-hybridized carbons (Fsp3) is 0.364. The normalized spacial score (nSPS) is 14.7. The molecule has 0 saturated carbocycles. The van der Waals surface area contributed by atoms with Crippen LogP contribution >= 0.6 is 0 Å². The Labute approximate surface area is 175 Å². The minimum absolute atomic E-state index is 0.0544. The smallest absolute Gasteiger partial charge is 0.319 e. The summed E-state index contributed by atoms with van der Waals surface area (Å²) in [6, 6.07) is 9.38. The van der Waals surface area contributed by atoms with Crippen LogP contribution in [0.4, 0.5) is 16.3 Å². The Balaban J connectivity index is 1.39. The van der Waals surface area contributed by atoms with Gasteiger partial charge in [-0.1, -0.05) is 6.07 Å². The molecule has 4 rings (SSSR count). The molecule has 2 N–H and O–H groups in total. The van der Waals surface area contributed by atoms with Gasteiger partial charge in [0.25, 0.3) is 5.56 Å². The number of anilines is 2. The van der Waals surface area contributed by atoms with Gasteiger partial charge in [-0.25, -0.2) is 14.8 Å². The Kier molecular flexibility index (Phi) is 5.39. The fourth-order valence-electron chi connectivity index (χ4n) is 3.76. The summed E-state index contributed by atoms with van der Waals surface area (Å²) < 4.78 is 1.54. The molecule has 8 heteroatoms. The number of piperidine rings is 1. The molecule has 0 bridgehead atoms. The van der Waals surface area contributed by atoms with E-state index in [2.05, 4.69) is 20.6 Å². The maximum atomic E-state index is 12.7. The van der Waals surface area contributed by atoms with E-state index in [4.69, 9.17) is 0 Å². The highest BCUT2D eigenvalue weighted by molar-refractivity contribution is 5.89. The zero-order valence-electron chi connectivity index (χ0n) is 17.5. The Morgan fingerprint density at radius 2 is 1.90 bits per heavy atom. The van der Waals surface area contributed by atoms with Gasteiger partial charge in [-0.2, -0.15) is 0 Å². The number of aryl methyl sites for hydroxylation is 3. The quantitative estimate of drug-likeness (QED) is 0.698. The third-order valence-electron chi connectivity index (χ3n) is 5.70. The number of nitrogens with zero attached hydrogens (tertiary/aromatic N) is 4. The standard InChI is InChI=1S/C22H26N6O2/c1-14-6-7-17(13-15(14)2)25-22(30)24-16-8-11-28(12-9-16)20-21(29)27(3)19-18(26-20)5-4-10-23-19/h4-7,10,13,16H,8-9,11-12H2,1-3H3,(H2,24,25,30). The van der Waals surface area contributed by atoms with Crippen LogP contribution in [0.1, 0.15) is 24.0 Å². The molecular weight excluding hydrogens is 380 g/mol. The molecule has 1 saturated heterocycles. The van der Waals surface area contributed by atoms with Crippen LogP contribution in [0.15, 0.2) is 41.3 Å². The number of hydrogen-bond acceptors (Lipinski definition) is 5. The molecule has 2 amide bonds. The monoisotopic (exact) mass is 406 g/mol. The zero-order valence-corrected chi connectivity index (χ0v) is 17.5. The van der Waals surface area contributed by atoms with Crippen LogP contribution in [0.25, 0.3) is 11.2 Å². The van der Waals surface area contributed by atoms with Gasteiger partial charge in [0.2, 0.25) is 0 Å². The SMILES string of the molecule is Cc1ccc(NC(=O)NC2CCN(c3nc4cccnc4n(C)c3=O)CC2)cc1C. The van der Waals surface area contributed by atoms with Crippen molar-refractivity contribution in [1.82, 2.24) is 19.9 Å². The van der Waals surface area contributed by atoms with Gasteiger partial charge in [-0.15, -0.1) is 0 Å². The van der Waals surface area contributed by atoms with E-state index in [1.165, 1.54) is 5.56 Å². The number of carbonyl (C=O) groups is 1. The van der Waals surface area contributed by atoms with E-state index in [0.29, 0.717) is 30.1 Å². The second-order valence-electron chi connectivity index (χ2n) is 7.80. The number of urea groups is 1. The van der Waals surface area contributed by atoms with Crippen LogP contribution in [-0.2, 0) is 7.05 Å². The predicted molar refractivity (Wildman–Crippen MR) is 118 cm³/mol.